The van der Waals surface area contributed by atoms with E-state index in [1.165, 1.54) is 0 Å². The van der Waals surface area contributed by atoms with E-state index < -0.39 is 11.7 Å². The number of carbonyl (C=O) groups excluding carboxylic acids is 2. The molecular formula is C17H17BrN2O3. The van der Waals surface area contributed by atoms with Crippen molar-refractivity contribution >= 4 is 27.6 Å². The van der Waals surface area contributed by atoms with Gasteiger partial charge >= 0.3 is 0 Å². The number of aromatic nitrogens is 1. The van der Waals surface area contributed by atoms with Crippen molar-refractivity contribution in [3.8, 4) is 5.75 Å². The molecule has 1 aromatic heterocycles. The molecule has 2 rings (SSSR count). The Bertz CT molecular complexity index is 686. The molecule has 1 heterocycles. The fourth-order valence-corrected chi connectivity index (χ4v) is 2.39. The smallest absolute Gasteiger partial charge is 0.287 e. The van der Waals surface area contributed by atoms with Crippen LogP contribution in [0.1, 0.15) is 11.3 Å². The van der Waals surface area contributed by atoms with E-state index in [1.807, 2.05) is 24.3 Å². The summed E-state index contributed by atoms with van der Waals surface area (Å²) in [7, 11) is 1.61. The highest BCUT2D eigenvalue weighted by Crippen LogP contribution is 2.11. The van der Waals surface area contributed by atoms with Gasteiger partial charge in [-0.25, -0.2) is 4.98 Å². The second-order valence-corrected chi connectivity index (χ2v) is 5.72. The molecule has 0 spiro atoms. The number of Topliss-reactive ketones (excluding diaryl/α,β-unsaturated/α-hetero) is 1. The number of hydrogen-bond acceptors (Lipinski definition) is 4. The third kappa shape index (κ3) is 5.49. The molecule has 0 saturated heterocycles. The number of halogens is 1. The number of rotatable bonds is 7. The van der Waals surface area contributed by atoms with Crippen LogP contribution in [-0.2, 0) is 22.4 Å². The third-order valence-corrected chi connectivity index (χ3v) is 3.67. The zero-order valence-electron chi connectivity index (χ0n) is 12.7. The van der Waals surface area contributed by atoms with E-state index in [-0.39, 0.29) is 6.42 Å². The molecule has 1 aromatic carbocycles. The lowest BCUT2D eigenvalue weighted by Gasteiger charge is -2.06. The van der Waals surface area contributed by atoms with Crippen LogP contribution >= 0.6 is 15.9 Å². The molecule has 120 valence electrons. The summed E-state index contributed by atoms with van der Waals surface area (Å²) in [6.07, 6.45) is 0.645. The molecule has 0 bridgehead atoms. The highest BCUT2D eigenvalue weighted by Gasteiger charge is 2.14. The molecule has 5 nitrogen and oxygen atoms in total. The molecule has 0 fully saturated rings. The highest BCUT2D eigenvalue weighted by molar-refractivity contribution is 9.10. The predicted molar refractivity (Wildman–Crippen MR) is 90.4 cm³/mol. The van der Waals surface area contributed by atoms with Crippen molar-refractivity contribution in [1.29, 1.82) is 0 Å². The maximum Gasteiger partial charge on any atom is 0.287 e. The van der Waals surface area contributed by atoms with Crippen molar-refractivity contribution < 1.29 is 14.3 Å². The lowest BCUT2D eigenvalue weighted by Crippen LogP contribution is -2.33. The topological polar surface area (TPSA) is 68.3 Å². The molecule has 6 heteroatoms. The first-order valence-electron chi connectivity index (χ1n) is 7.14. The first-order valence-corrected chi connectivity index (χ1v) is 7.93. The van der Waals surface area contributed by atoms with Crippen LogP contribution in [0.25, 0.3) is 0 Å². The van der Waals surface area contributed by atoms with E-state index in [2.05, 4.69) is 26.2 Å². The number of ketones is 1. The van der Waals surface area contributed by atoms with Crippen molar-refractivity contribution in [1.82, 2.24) is 10.3 Å². The zero-order valence-corrected chi connectivity index (χ0v) is 14.3. The fourth-order valence-electron chi connectivity index (χ4n) is 2.00. The minimum atomic E-state index is -0.583. The standard InChI is InChI=1S/C17H17BrN2O3/c1-23-14-7-5-12(6-8-14)9-10-19-17(22)15(21)11-13-3-2-4-16(18)20-13/h2-8H,9-11H2,1H3,(H,19,22). The van der Waals surface area contributed by atoms with Crippen LogP contribution in [0, 0.1) is 0 Å². The fraction of sp³-hybridized carbons (Fsp3) is 0.235. The van der Waals surface area contributed by atoms with Gasteiger partial charge in [0.15, 0.2) is 0 Å². The number of carbonyl (C=O) groups is 2. The average molecular weight is 377 g/mol. The van der Waals surface area contributed by atoms with Crippen molar-refractivity contribution in [2.75, 3.05) is 13.7 Å². The predicted octanol–water partition coefficient (Wildman–Crippen LogP) is 2.32. The molecule has 1 amide bonds. The average Bonchev–Trinajstić information content (AvgIpc) is 2.55. The van der Waals surface area contributed by atoms with Gasteiger partial charge in [-0.3, -0.25) is 9.59 Å². The van der Waals surface area contributed by atoms with E-state index in [0.29, 0.717) is 23.3 Å². The van der Waals surface area contributed by atoms with Crippen LogP contribution < -0.4 is 10.1 Å². The summed E-state index contributed by atoms with van der Waals surface area (Å²) in [5, 5.41) is 2.64. The van der Waals surface area contributed by atoms with Gasteiger partial charge in [0.2, 0.25) is 5.78 Å². The molecule has 0 atom stereocenters. The number of hydrogen-bond donors (Lipinski definition) is 1. The highest BCUT2D eigenvalue weighted by atomic mass is 79.9. The monoisotopic (exact) mass is 376 g/mol. The van der Waals surface area contributed by atoms with Crippen LogP contribution in [0.4, 0.5) is 0 Å². The molecule has 2 aromatic rings. The number of ether oxygens (including phenoxy) is 1. The quantitative estimate of drug-likeness (QED) is 0.594. The Kier molecular flexibility index (Phi) is 6.29. The summed E-state index contributed by atoms with van der Waals surface area (Å²) >= 11 is 3.24. The van der Waals surface area contributed by atoms with Crippen LogP contribution in [0.2, 0.25) is 0 Å². The maximum absolute atomic E-state index is 11.9. The molecule has 0 aliphatic carbocycles. The van der Waals surface area contributed by atoms with Crippen molar-refractivity contribution in [2.24, 2.45) is 0 Å². The Labute approximate surface area is 143 Å². The van der Waals surface area contributed by atoms with Crippen LogP contribution in [0.5, 0.6) is 5.75 Å². The Hall–Kier alpha value is -2.21. The first kappa shape index (κ1) is 17.1. The molecule has 0 saturated carbocycles. The van der Waals surface area contributed by atoms with Gasteiger partial charge in [-0.2, -0.15) is 0 Å². The van der Waals surface area contributed by atoms with Gasteiger partial charge in [0.25, 0.3) is 5.91 Å². The van der Waals surface area contributed by atoms with E-state index in [4.69, 9.17) is 4.74 Å². The maximum atomic E-state index is 11.9. The van der Waals surface area contributed by atoms with Gasteiger partial charge in [0.05, 0.1) is 13.5 Å². The van der Waals surface area contributed by atoms with Gasteiger partial charge in [0, 0.05) is 12.2 Å². The SMILES string of the molecule is COc1ccc(CCNC(=O)C(=O)Cc2cccc(Br)n2)cc1. The van der Waals surface area contributed by atoms with E-state index in [0.717, 1.165) is 11.3 Å². The first-order chi connectivity index (χ1) is 11.1. The number of methoxy groups -OCH3 is 1. The second kappa shape index (κ2) is 8.43. The molecule has 0 aliphatic rings. The van der Waals surface area contributed by atoms with E-state index >= 15 is 0 Å². The van der Waals surface area contributed by atoms with Crippen molar-refractivity contribution in [2.45, 2.75) is 12.8 Å². The number of amides is 1. The summed E-state index contributed by atoms with van der Waals surface area (Å²) in [6, 6.07) is 12.8. The largest absolute Gasteiger partial charge is 0.497 e. The molecule has 23 heavy (non-hydrogen) atoms. The Balaban J connectivity index is 1.78. The third-order valence-electron chi connectivity index (χ3n) is 3.23. The van der Waals surface area contributed by atoms with E-state index in [1.54, 1.807) is 25.3 Å². The minimum Gasteiger partial charge on any atom is -0.497 e. The summed E-state index contributed by atoms with van der Waals surface area (Å²) in [5.74, 6) is -0.292. The lowest BCUT2D eigenvalue weighted by molar-refractivity contribution is -0.137. The van der Waals surface area contributed by atoms with Crippen molar-refractivity contribution in [3.63, 3.8) is 0 Å². The van der Waals surface area contributed by atoms with Crippen LogP contribution in [0.15, 0.2) is 47.1 Å². The van der Waals surface area contributed by atoms with Gasteiger partial charge in [-0.1, -0.05) is 18.2 Å². The van der Waals surface area contributed by atoms with Gasteiger partial charge < -0.3 is 10.1 Å². The summed E-state index contributed by atoms with van der Waals surface area (Å²) < 4.78 is 5.73. The van der Waals surface area contributed by atoms with Gasteiger partial charge in [0.1, 0.15) is 10.4 Å². The van der Waals surface area contributed by atoms with Gasteiger partial charge in [-0.15, -0.1) is 0 Å². The van der Waals surface area contributed by atoms with Gasteiger partial charge in [-0.05, 0) is 52.2 Å². The van der Waals surface area contributed by atoms with E-state index in [9.17, 15) is 9.59 Å². The molecule has 0 unspecified atom stereocenters. The molecule has 0 radical (unpaired) electrons. The van der Waals surface area contributed by atoms with Crippen molar-refractivity contribution in [3.05, 3.63) is 58.3 Å². The number of nitrogens with zero attached hydrogens (tertiary/aromatic N) is 1. The summed E-state index contributed by atoms with van der Waals surface area (Å²) in [6.45, 7) is 0.406. The summed E-state index contributed by atoms with van der Waals surface area (Å²) in [5.41, 5.74) is 1.63. The summed E-state index contributed by atoms with van der Waals surface area (Å²) in [4.78, 5) is 27.8. The normalized spacial score (nSPS) is 10.2. The second-order valence-electron chi connectivity index (χ2n) is 4.91. The number of benzene rings is 1. The molecule has 1 N–H and O–H groups in total. The zero-order chi connectivity index (χ0) is 16.7. The lowest BCUT2D eigenvalue weighted by atomic mass is 10.1. The number of pyridine rings is 1. The van der Waals surface area contributed by atoms with Crippen LogP contribution in [-0.4, -0.2) is 30.3 Å². The Morgan fingerprint density at radius 3 is 2.57 bits per heavy atom. The minimum absolute atomic E-state index is 0.00614. The number of nitrogens with one attached hydrogen (secondary N) is 1. The molecule has 0 aliphatic heterocycles. The molecular weight excluding hydrogens is 360 g/mol. The van der Waals surface area contributed by atoms with Crippen LogP contribution in [0.3, 0.4) is 0 Å². The Morgan fingerprint density at radius 2 is 1.91 bits per heavy atom. The Morgan fingerprint density at radius 1 is 1.17 bits per heavy atom.